The van der Waals surface area contributed by atoms with Crippen molar-refractivity contribution in [1.29, 1.82) is 0 Å². The van der Waals surface area contributed by atoms with E-state index in [1.807, 2.05) is 20.8 Å². The first kappa shape index (κ1) is 17.6. The lowest BCUT2D eigenvalue weighted by Crippen LogP contribution is -2.44. The lowest BCUT2D eigenvalue weighted by Gasteiger charge is -2.23. The lowest BCUT2D eigenvalue weighted by molar-refractivity contribution is 0.0506. The fraction of sp³-hybridized carbons (Fsp3) is 0.611. The molecule has 0 radical (unpaired) electrons. The van der Waals surface area contributed by atoms with Crippen LogP contribution in [0.15, 0.2) is 24.3 Å². The quantitative estimate of drug-likeness (QED) is 0.875. The maximum absolute atomic E-state index is 11.9. The number of rotatable bonds is 5. The molecule has 5 nitrogen and oxygen atoms in total. The molecule has 1 aliphatic rings. The number of nitrogens with two attached hydrogens (primary N) is 1. The van der Waals surface area contributed by atoms with Crippen LogP contribution < -0.4 is 16.0 Å². The Labute approximate surface area is 139 Å². The van der Waals surface area contributed by atoms with Gasteiger partial charge in [-0.15, -0.1) is 0 Å². The van der Waals surface area contributed by atoms with Crippen molar-refractivity contribution in [3.05, 3.63) is 29.8 Å². The van der Waals surface area contributed by atoms with Gasteiger partial charge in [0.2, 0.25) is 0 Å². The molecule has 1 fully saturated rings. The molecule has 1 aliphatic heterocycles. The molecule has 5 heteroatoms. The van der Waals surface area contributed by atoms with E-state index in [4.69, 9.17) is 10.5 Å². The Morgan fingerprint density at radius 3 is 2.39 bits per heavy atom. The molecule has 1 amide bonds. The number of amides is 1. The molecule has 1 unspecified atom stereocenters. The molecular formula is C18H29N3O2. The van der Waals surface area contributed by atoms with Crippen LogP contribution in [0.4, 0.5) is 10.5 Å². The second kappa shape index (κ2) is 7.68. The summed E-state index contributed by atoms with van der Waals surface area (Å²) in [5, 5.41) is 2.84. The van der Waals surface area contributed by atoms with Crippen LogP contribution in [0, 0.1) is 0 Å². The molecule has 3 N–H and O–H groups in total. The number of carbonyl (C=O) groups excluding carboxylic acids is 1. The van der Waals surface area contributed by atoms with Gasteiger partial charge in [0, 0.05) is 31.4 Å². The summed E-state index contributed by atoms with van der Waals surface area (Å²) in [7, 11) is 0. The van der Waals surface area contributed by atoms with Gasteiger partial charge < -0.3 is 20.7 Å². The monoisotopic (exact) mass is 319 g/mol. The van der Waals surface area contributed by atoms with Gasteiger partial charge in [0.05, 0.1) is 0 Å². The van der Waals surface area contributed by atoms with E-state index in [1.54, 1.807) is 0 Å². The van der Waals surface area contributed by atoms with Crippen LogP contribution in [-0.2, 0) is 11.2 Å². The highest BCUT2D eigenvalue weighted by Gasteiger charge is 2.19. The Hall–Kier alpha value is -1.75. The van der Waals surface area contributed by atoms with Gasteiger partial charge in [0.25, 0.3) is 0 Å². The predicted molar refractivity (Wildman–Crippen MR) is 93.8 cm³/mol. The molecule has 1 aromatic carbocycles. The molecule has 1 atom stereocenters. The van der Waals surface area contributed by atoms with Crippen molar-refractivity contribution in [3.63, 3.8) is 0 Å². The zero-order valence-corrected chi connectivity index (χ0v) is 14.5. The molecule has 0 aromatic heterocycles. The third kappa shape index (κ3) is 5.75. The molecule has 0 spiro atoms. The first-order valence-electron chi connectivity index (χ1n) is 8.41. The zero-order chi connectivity index (χ0) is 16.9. The SMILES string of the molecule is CC(C)(C)OC(=O)NC(CN)Cc1ccc(N2CCCC2)cc1. The minimum Gasteiger partial charge on any atom is -0.444 e. The van der Waals surface area contributed by atoms with E-state index in [1.165, 1.54) is 24.1 Å². The summed E-state index contributed by atoms with van der Waals surface area (Å²) < 4.78 is 5.28. The minimum atomic E-state index is -0.499. The predicted octanol–water partition coefficient (Wildman–Crippen LogP) is 2.68. The third-order valence-corrected chi connectivity index (χ3v) is 3.90. The van der Waals surface area contributed by atoms with Crippen molar-refractivity contribution in [2.75, 3.05) is 24.5 Å². The van der Waals surface area contributed by atoms with Crippen LogP contribution in [-0.4, -0.2) is 37.4 Å². The topological polar surface area (TPSA) is 67.6 Å². The van der Waals surface area contributed by atoms with Crippen molar-refractivity contribution >= 4 is 11.8 Å². The number of alkyl carbamates (subject to hydrolysis) is 1. The molecular weight excluding hydrogens is 290 g/mol. The second-order valence-corrected chi connectivity index (χ2v) is 7.14. The Morgan fingerprint density at radius 1 is 1.26 bits per heavy atom. The van der Waals surface area contributed by atoms with Gasteiger partial charge in [-0.2, -0.15) is 0 Å². The number of nitrogens with zero attached hydrogens (tertiary/aromatic N) is 1. The van der Waals surface area contributed by atoms with Crippen molar-refractivity contribution in [2.45, 2.75) is 51.7 Å². The van der Waals surface area contributed by atoms with E-state index in [9.17, 15) is 4.79 Å². The van der Waals surface area contributed by atoms with Crippen molar-refractivity contribution in [2.24, 2.45) is 5.73 Å². The number of hydrogen-bond acceptors (Lipinski definition) is 4. The molecule has 1 saturated heterocycles. The molecule has 128 valence electrons. The highest BCUT2D eigenvalue weighted by molar-refractivity contribution is 5.68. The van der Waals surface area contributed by atoms with E-state index in [2.05, 4.69) is 34.5 Å². The highest BCUT2D eigenvalue weighted by atomic mass is 16.6. The van der Waals surface area contributed by atoms with Crippen LogP contribution in [0.1, 0.15) is 39.2 Å². The average Bonchev–Trinajstić information content (AvgIpc) is 2.99. The first-order chi connectivity index (χ1) is 10.9. The standard InChI is InChI=1S/C18H29N3O2/c1-18(2,3)23-17(22)20-15(13-19)12-14-6-8-16(9-7-14)21-10-4-5-11-21/h6-9,15H,4-5,10-13,19H2,1-3H3,(H,20,22). The summed E-state index contributed by atoms with van der Waals surface area (Å²) in [6.45, 7) is 8.21. The van der Waals surface area contributed by atoms with Gasteiger partial charge in [0.15, 0.2) is 0 Å². The zero-order valence-electron chi connectivity index (χ0n) is 14.5. The van der Waals surface area contributed by atoms with E-state index in [0.29, 0.717) is 13.0 Å². The van der Waals surface area contributed by atoms with Crippen LogP contribution >= 0.6 is 0 Å². The number of anilines is 1. The third-order valence-electron chi connectivity index (χ3n) is 3.90. The minimum absolute atomic E-state index is 0.123. The summed E-state index contributed by atoms with van der Waals surface area (Å²) in [6, 6.07) is 8.42. The molecule has 0 bridgehead atoms. The van der Waals surface area contributed by atoms with Crippen LogP contribution in [0.2, 0.25) is 0 Å². The lowest BCUT2D eigenvalue weighted by atomic mass is 10.1. The van der Waals surface area contributed by atoms with Gasteiger partial charge >= 0.3 is 6.09 Å². The summed E-state index contributed by atoms with van der Waals surface area (Å²) >= 11 is 0. The molecule has 0 aliphatic carbocycles. The number of ether oxygens (including phenoxy) is 1. The molecule has 1 aromatic rings. The summed E-state index contributed by atoms with van der Waals surface area (Å²) in [5.74, 6) is 0. The van der Waals surface area contributed by atoms with Crippen molar-refractivity contribution in [3.8, 4) is 0 Å². The summed E-state index contributed by atoms with van der Waals surface area (Å²) in [4.78, 5) is 14.3. The van der Waals surface area contributed by atoms with Gasteiger partial charge in [-0.25, -0.2) is 4.79 Å². The molecule has 23 heavy (non-hydrogen) atoms. The van der Waals surface area contributed by atoms with Gasteiger partial charge in [-0.1, -0.05) is 12.1 Å². The summed E-state index contributed by atoms with van der Waals surface area (Å²) in [5.41, 5.74) is 7.72. The molecule has 1 heterocycles. The van der Waals surface area contributed by atoms with Gasteiger partial charge in [0.1, 0.15) is 5.60 Å². The fourth-order valence-electron chi connectivity index (χ4n) is 2.77. The highest BCUT2D eigenvalue weighted by Crippen LogP contribution is 2.20. The number of nitrogens with one attached hydrogen (secondary N) is 1. The van der Waals surface area contributed by atoms with Gasteiger partial charge in [-0.3, -0.25) is 0 Å². The average molecular weight is 319 g/mol. The maximum atomic E-state index is 11.9. The Balaban J connectivity index is 1.89. The number of benzene rings is 1. The largest absolute Gasteiger partial charge is 0.444 e. The van der Waals surface area contributed by atoms with Crippen LogP contribution in [0.3, 0.4) is 0 Å². The van der Waals surface area contributed by atoms with Crippen LogP contribution in [0.25, 0.3) is 0 Å². The van der Waals surface area contributed by atoms with E-state index in [-0.39, 0.29) is 6.04 Å². The normalized spacial score (nSPS) is 16.3. The maximum Gasteiger partial charge on any atom is 0.407 e. The fourth-order valence-corrected chi connectivity index (χ4v) is 2.77. The van der Waals surface area contributed by atoms with Gasteiger partial charge in [-0.05, 0) is 57.7 Å². The molecule has 2 rings (SSSR count). The Bertz CT molecular complexity index is 502. The Kier molecular flexibility index (Phi) is 5.88. The smallest absolute Gasteiger partial charge is 0.407 e. The van der Waals surface area contributed by atoms with Crippen LogP contribution in [0.5, 0.6) is 0 Å². The van der Waals surface area contributed by atoms with Crippen molar-refractivity contribution < 1.29 is 9.53 Å². The van der Waals surface area contributed by atoms with E-state index < -0.39 is 11.7 Å². The van der Waals surface area contributed by atoms with Crippen molar-refractivity contribution in [1.82, 2.24) is 5.32 Å². The number of carbonyl (C=O) groups is 1. The summed E-state index contributed by atoms with van der Waals surface area (Å²) in [6.07, 6.45) is 2.84. The Morgan fingerprint density at radius 2 is 1.87 bits per heavy atom. The van der Waals surface area contributed by atoms with E-state index in [0.717, 1.165) is 13.1 Å². The van der Waals surface area contributed by atoms with E-state index >= 15 is 0 Å². The second-order valence-electron chi connectivity index (χ2n) is 7.14. The molecule has 0 saturated carbocycles. The number of hydrogen-bond donors (Lipinski definition) is 2. The first-order valence-corrected chi connectivity index (χ1v) is 8.41.